The molecule has 0 atom stereocenters. The summed E-state index contributed by atoms with van der Waals surface area (Å²) in [6.45, 7) is 9.91. The molecule has 0 aliphatic heterocycles. The van der Waals surface area contributed by atoms with Crippen LogP contribution < -0.4 is 10.6 Å². The number of nitrogens with one attached hydrogen (secondary N) is 2. The third kappa shape index (κ3) is 7.03. The fourth-order valence-corrected chi connectivity index (χ4v) is 2.78. The van der Waals surface area contributed by atoms with Crippen molar-refractivity contribution < 1.29 is 19.1 Å². The first kappa shape index (κ1) is 23.1. The first-order chi connectivity index (χ1) is 14.1. The Hall–Kier alpha value is -3.15. The fraction of sp³-hybridized carbons (Fsp3) is 0.375. The van der Waals surface area contributed by atoms with Crippen molar-refractivity contribution >= 4 is 23.5 Å². The van der Waals surface area contributed by atoms with Gasteiger partial charge in [-0.05, 0) is 54.2 Å². The Bertz CT molecular complexity index is 912. The molecule has 2 rings (SSSR count). The van der Waals surface area contributed by atoms with Crippen LogP contribution in [-0.2, 0) is 19.7 Å². The molecular formula is C24H30N2O4. The lowest BCUT2D eigenvalue weighted by atomic mass is 9.87. The van der Waals surface area contributed by atoms with Crippen molar-refractivity contribution in [2.75, 3.05) is 18.5 Å². The Morgan fingerprint density at radius 3 is 2.27 bits per heavy atom. The molecule has 0 saturated carbocycles. The number of anilines is 1. The molecule has 0 heterocycles. The van der Waals surface area contributed by atoms with Gasteiger partial charge in [-0.2, -0.15) is 0 Å². The van der Waals surface area contributed by atoms with Gasteiger partial charge in [0.05, 0.1) is 6.42 Å². The van der Waals surface area contributed by atoms with Crippen LogP contribution >= 0.6 is 0 Å². The molecule has 0 spiro atoms. The molecular weight excluding hydrogens is 380 g/mol. The third-order valence-electron chi connectivity index (χ3n) is 4.66. The molecule has 2 aromatic rings. The number of hydrogen-bond donors (Lipinski definition) is 2. The van der Waals surface area contributed by atoms with E-state index in [9.17, 15) is 14.4 Å². The Morgan fingerprint density at radius 2 is 1.63 bits per heavy atom. The second-order valence-electron chi connectivity index (χ2n) is 8.36. The highest BCUT2D eigenvalue weighted by Gasteiger charge is 2.15. The smallest absolute Gasteiger partial charge is 0.308 e. The molecule has 30 heavy (non-hydrogen) atoms. The normalized spacial score (nSPS) is 11.0. The van der Waals surface area contributed by atoms with Crippen LogP contribution in [0.3, 0.4) is 0 Å². The van der Waals surface area contributed by atoms with Crippen molar-refractivity contribution in [2.45, 2.75) is 46.5 Å². The summed E-state index contributed by atoms with van der Waals surface area (Å²) in [6, 6.07) is 13.1. The molecule has 2 aromatic carbocycles. The Balaban J connectivity index is 1.72. The van der Waals surface area contributed by atoms with Crippen molar-refractivity contribution in [3.63, 3.8) is 0 Å². The first-order valence-electron chi connectivity index (χ1n) is 9.98. The average Bonchev–Trinajstić information content (AvgIpc) is 2.68. The fourth-order valence-electron chi connectivity index (χ4n) is 2.78. The maximum absolute atomic E-state index is 12.2. The number of benzene rings is 2. The molecule has 0 aliphatic rings. The van der Waals surface area contributed by atoms with Crippen molar-refractivity contribution in [3.05, 3.63) is 64.7 Å². The molecule has 0 aliphatic carbocycles. The van der Waals surface area contributed by atoms with Gasteiger partial charge in [0.2, 0.25) is 0 Å². The summed E-state index contributed by atoms with van der Waals surface area (Å²) < 4.78 is 4.98. The molecule has 2 amide bonds. The van der Waals surface area contributed by atoms with E-state index in [1.165, 1.54) is 0 Å². The van der Waals surface area contributed by atoms with Crippen LogP contribution in [0.1, 0.15) is 54.2 Å². The van der Waals surface area contributed by atoms with E-state index >= 15 is 0 Å². The monoisotopic (exact) mass is 410 g/mol. The summed E-state index contributed by atoms with van der Waals surface area (Å²) in [5.41, 5.74) is 4.34. The molecule has 0 unspecified atom stereocenters. The summed E-state index contributed by atoms with van der Waals surface area (Å²) in [4.78, 5) is 36.0. The van der Waals surface area contributed by atoms with Crippen molar-refractivity contribution in [3.8, 4) is 0 Å². The lowest BCUT2D eigenvalue weighted by Crippen LogP contribution is -2.28. The van der Waals surface area contributed by atoms with Crippen molar-refractivity contribution in [1.29, 1.82) is 0 Å². The van der Waals surface area contributed by atoms with Crippen LogP contribution in [0.25, 0.3) is 0 Å². The van der Waals surface area contributed by atoms with Gasteiger partial charge < -0.3 is 15.4 Å². The van der Waals surface area contributed by atoms with Gasteiger partial charge in [-0.3, -0.25) is 14.4 Å². The maximum atomic E-state index is 12.2. The summed E-state index contributed by atoms with van der Waals surface area (Å²) in [6.07, 6.45) is -0.0113. The second-order valence-corrected chi connectivity index (χ2v) is 8.36. The molecule has 0 radical (unpaired) electrons. The van der Waals surface area contributed by atoms with E-state index in [1.807, 2.05) is 44.2 Å². The van der Waals surface area contributed by atoms with Crippen molar-refractivity contribution in [2.24, 2.45) is 0 Å². The number of amides is 2. The van der Waals surface area contributed by atoms with Crippen LogP contribution in [-0.4, -0.2) is 30.9 Å². The number of carbonyl (C=O) groups excluding carboxylic acids is 3. The van der Waals surface area contributed by atoms with E-state index in [0.717, 1.165) is 16.7 Å². The van der Waals surface area contributed by atoms with Gasteiger partial charge in [-0.25, -0.2) is 0 Å². The number of hydrogen-bond acceptors (Lipinski definition) is 4. The average molecular weight is 411 g/mol. The molecule has 0 aromatic heterocycles. The highest BCUT2D eigenvalue weighted by atomic mass is 16.5. The highest BCUT2D eigenvalue weighted by molar-refractivity contribution is 5.95. The lowest BCUT2D eigenvalue weighted by molar-refractivity contribution is -0.147. The lowest BCUT2D eigenvalue weighted by Gasteiger charge is -2.19. The Labute approximate surface area is 178 Å². The highest BCUT2D eigenvalue weighted by Crippen LogP contribution is 2.22. The van der Waals surface area contributed by atoms with Crippen LogP contribution in [0.5, 0.6) is 0 Å². The largest absolute Gasteiger partial charge is 0.456 e. The quantitative estimate of drug-likeness (QED) is 0.678. The van der Waals surface area contributed by atoms with Crippen LogP contribution in [0.2, 0.25) is 0 Å². The van der Waals surface area contributed by atoms with Crippen molar-refractivity contribution in [1.82, 2.24) is 5.32 Å². The zero-order valence-corrected chi connectivity index (χ0v) is 18.3. The number of ether oxygens (including phenoxy) is 1. The second kappa shape index (κ2) is 10.1. The molecule has 160 valence electrons. The van der Waals surface area contributed by atoms with E-state index in [4.69, 9.17) is 4.74 Å². The van der Waals surface area contributed by atoms with Gasteiger partial charge in [0.15, 0.2) is 6.61 Å². The molecule has 0 saturated heterocycles. The SMILES string of the molecule is Cc1ccc(C)c(NC(=O)COC(=O)CCNC(=O)c2ccc(C(C)(C)C)cc2)c1. The van der Waals surface area contributed by atoms with E-state index < -0.39 is 11.9 Å². The predicted molar refractivity (Wildman–Crippen MR) is 118 cm³/mol. The third-order valence-corrected chi connectivity index (χ3v) is 4.66. The summed E-state index contributed by atoms with van der Waals surface area (Å²) in [5.74, 6) is -1.20. The molecule has 0 bridgehead atoms. The van der Waals surface area contributed by atoms with Crippen LogP contribution in [0.4, 0.5) is 5.69 Å². The van der Waals surface area contributed by atoms with Gasteiger partial charge in [0.25, 0.3) is 11.8 Å². The summed E-state index contributed by atoms with van der Waals surface area (Å²) >= 11 is 0. The minimum atomic E-state index is -0.547. The zero-order chi connectivity index (χ0) is 22.3. The standard InChI is InChI=1S/C24H30N2O4/c1-16-6-7-17(2)20(14-16)26-21(27)15-30-22(28)12-13-25-23(29)18-8-10-19(11-9-18)24(3,4)5/h6-11,14H,12-13,15H2,1-5H3,(H,25,29)(H,26,27). The number of rotatable bonds is 7. The molecule has 0 fully saturated rings. The van der Waals surface area contributed by atoms with Gasteiger partial charge in [-0.1, -0.05) is 45.0 Å². The minimum absolute atomic E-state index is 0.0113. The zero-order valence-electron chi connectivity index (χ0n) is 18.3. The minimum Gasteiger partial charge on any atom is -0.456 e. The van der Waals surface area contributed by atoms with E-state index in [1.54, 1.807) is 12.1 Å². The van der Waals surface area contributed by atoms with E-state index in [2.05, 4.69) is 31.4 Å². The van der Waals surface area contributed by atoms with Crippen LogP contribution in [0, 0.1) is 13.8 Å². The van der Waals surface area contributed by atoms with Gasteiger partial charge in [-0.15, -0.1) is 0 Å². The van der Waals surface area contributed by atoms with E-state index in [-0.39, 0.29) is 30.9 Å². The number of carbonyl (C=O) groups is 3. The maximum Gasteiger partial charge on any atom is 0.308 e. The topological polar surface area (TPSA) is 84.5 Å². The first-order valence-corrected chi connectivity index (χ1v) is 9.98. The van der Waals surface area contributed by atoms with Gasteiger partial charge in [0.1, 0.15) is 0 Å². The van der Waals surface area contributed by atoms with Crippen LogP contribution in [0.15, 0.2) is 42.5 Å². The van der Waals surface area contributed by atoms with E-state index in [0.29, 0.717) is 11.3 Å². The number of aryl methyl sites for hydroxylation is 2. The summed E-state index contributed by atoms with van der Waals surface area (Å²) in [5, 5.41) is 5.42. The summed E-state index contributed by atoms with van der Waals surface area (Å²) in [7, 11) is 0. The predicted octanol–water partition coefficient (Wildman–Crippen LogP) is 3.90. The van der Waals surface area contributed by atoms with Gasteiger partial charge in [0, 0.05) is 17.8 Å². The Morgan fingerprint density at radius 1 is 0.967 bits per heavy atom. The Kier molecular flexibility index (Phi) is 7.75. The molecule has 6 nitrogen and oxygen atoms in total. The van der Waals surface area contributed by atoms with Gasteiger partial charge >= 0.3 is 5.97 Å². The number of esters is 1. The molecule has 2 N–H and O–H groups in total. The molecule has 6 heteroatoms.